The van der Waals surface area contributed by atoms with E-state index in [0.717, 1.165) is 17.1 Å². The summed E-state index contributed by atoms with van der Waals surface area (Å²) >= 11 is 5.25. The molecule has 0 bridgehead atoms. The Bertz CT molecular complexity index is 1260. The highest BCUT2D eigenvalue weighted by Gasteiger charge is 2.34. The summed E-state index contributed by atoms with van der Waals surface area (Å²) in [6, 6.07) is 14.8. The monoisotopic (exact) mass is 449 g/mol. The molecule has 0 radical (unpaired) electrons. The number of carbonyl (C=O) groups is 2. The number of nitrogens with one attached hydrogen (secondary N) is 1. The number of aromatic nitrogens is 1. The number of amides is 2. The van der Waals surface area contributed by atoms with Crippen molar-refractivity contribution in [3.63, 3.8) is 0 Å². The number of thiocarbonyl (C=S) groups is 1. The van der Waals surface area contributed by atoms with Crippen LogP contribution in [0, 0.1) is 19.7 Å². The third kappa shape index (κ3) is 3.80. The van der Waals surface area contributed by atoms with E-state index in [4.69, 9.17) is 17.0 Å². The van der Waals surface area contributed by atoms with Gasteiger partial charge < -0.3 is 9.30 Å². The Hall–Kier alpha value is -3.78. The Kier molecular flexibility index (Phi) is 5.63. The van der Waals surface area contributed by atoms with E-state index in [0.29, 0.717) is 17.0 Å². The molecule has 1 aromatic heterocycles. The third-order valence-electron chi connectivity index (χ3n) is 5.29. The highest BCUT2D eigenvalue weighted by Crippen LogP contribution is 2.27. The van der Waals surface area contributed by atoms with Crippen molar-refractivity contribution < 1.29 is 18.7 Å². The van der Waals surface area contributed by atoms with Gasteiger partial charge >= 0.3 is 0 Å². The minimum Gasteiger partial charge on any atom is -0.497 e. The summed E-state index contributed by atoms with van der Waals surface area (Å²) in [6.07, 6.45) is 1.55. The summed E-state index contributed by atoms with van der Waals surface area (Å²) in [6.45, 7) is 3.78. The molecular weight excluding hydrogens is 429 g/mol. The quantitative estimate of drug-likeness (QED) is 0.371. The predicted molar refractivity (Wildman–Crippen MR) is 124 cm³/mol. The maximum absolute atomic E-state index is 13.3. The summed E-state index contributed by atoms with van der Waals surface area (Å²) in [5.41, 5.74) is 3.66. The van der Waals surface area contributed by atoms with E-state index in [1.807, 2.05) is 24.5 Å². The number of carbonyl (C=O) groups excluding carboxylic acids is 2. The van der Waals surface area contributed by atoms with Crippen LogP contribution >= 0.6 is 12.2 Å². The molecule has 1 saturated heterocycles. The van der Waals surface area contributed by atoms with Gasteiger partial charge in [-0.1, -0.05) is 0 Å². The lowest BCUT2D eigenvalue weighted by molar-refractivity contribution is -0.122. The Labute approximate surface area is 189 Å². The third-order valence-corrected chi connectivity index (χ3v) is 5.57. The zero-order valence-corrected chi connectivity index (χ0v) is 18.5. The van der Waals surface area contributed by atoms with Crippen molar-refractivity contribution in [1.82, 2.24) is 9.88 Å². The van der Waals surface area contributed by atoms with Crippen LogP contribution in [-0.2, 0) is 9.59 Å². The van der Waals surface area contributed by atoms with Crippen LogP contribution < -0.4 is 15.0 Å². The Morgan fingerprint density at radius 1 is 1.00 bits per heavy atom. The second kappa shape index (κ2) is 8.39. The maximum Gasteiger partial charge on any atom is 0.270 e. The number of methoxy groups -OCH3 is 1. The molecule has 4 rings (SSSR count). The van der Waals surface area contributed by atoms with E-state index < -0.39 is 11.8 Å². The average Bonchev–Trinajstić information content (AvgIpc) is 3.05. The maximum atomic E-state index is 13.3. The van der Waals surface area contributed by atoms with Gasteiger partial charge in [-0.25, -0.2) is 4.39 Å². The molecule has 0 saturated carbocycles. The second-order valence-corrected chi connectivity index (χ2v) is 7.68. The lowest BCUT2D eigenvalue weighted by atomic mass is 10.1. The number of hydrogen-bond donors (Lipinski definition) is 1. The molecule has 0 atom stereocenters. The van der Waals surface area contributed by atoms with Crippen molar-refractivity contribution in [3.05, 3.63) is 82.9 Å². The van der Waals surface area contributed by atoms with Gasteiger partial charge in [-0.2, -0.15) is 0 Å². The number of aryl methyl sites for hydroxylation is 1. The first-order valence-corrected chi connectivity index (χ1v) is 10.2. The van der Waals surface area contributed by atoms with Gasteiger partial charge in [0.2, 0.25) is 0 Å². The van der Waals surface area contributed by atoms with Gasteiger partial charge in [-0.15, -0.1) is 0 Å². The van der Waals surface area contributed by atoms with Crippen LogP contribution in [0.5, 0.6) is 5.75 Å². The van der Waals surface area contributed by atoms with Crippen LogP contribution in [-0.4, -0.2) is 28.6 Å². The molecule has 0 aliphatic carbocycles. The van der Waals surface area contributed by atoms with E-state index in [9.17, 15) is 14.0 Å². The molecule has 0 spiro atoms. The van der Waals surface area contributed by atoms with E-state index in [1.165, 1.54) is 17.0 Å². The predicted octanol–water partition coefficient (Wildman–Crippen LogP) is 4.07. The Balaban J connectivity index is 1.73. The Morgan fingerprint density at radius 2 is 1.62 bits per heavy atom. The minimum absolute atomic E-state index is 0.0131. The first-order chi connectivity index (χ1) is 15.3. The SMILES string of the molecule is COc1ccc(N2C(=O)/C(=C\c3cc(C)n(-c4ccc(F)cc4)c3C)C(=O)NC2=S)cc1. The van der Waals surface area contributed by atoms with E-state index in [-0.39, 0.29) is 16.5 Å². The van der Waals surface area contributed by atoms with E-state index >= 15 is 0 Å². The van der Waals surface area contributed by atoms with Crippen LogP contribution in [0.15, 0.2) is 60.2 Å². The van der Waals surface area contributed by atoms with Gasteiger partial charge in [0.15, 0.2) is 5.11 Å². The second-order valence-electron chi connectivity index (χ2n) is 7.29. The molecule has 2 aromatic carbocycles. The first-order valence-electron chi connectivity index (χ1n) is 9.80. The standard InChI is InChI=1S/C24H20FN3O3S/c1-14-12-16(15(2)27(14)18-6-4-17(25)5-7-18)13-21-22(29)26-24(32)28(23(21)30)19-8-10-20(31-3)11-9-19/h4-13H,1-3H3,(H,26,29,32)/b21-13-. The molecule has 162 valence electrons. The number of anilines is 1. The molecule has 2 heterocycles. The van der Waals surface area contributed by atoms with Crippen LogP contribution in [0.2, 0.25) is 0 Å². The van der Waals surface area contributed by atoms with Crippen LogP contribution in [0.25, 0.3) is 11.8 Å². The molecule has 32 heavy (non-hydrogen) atoms. The largest absolute Gasteiger partial charge is 0.497 e. The summed E-state index contributed by atoms with van der Waals surface area (Å²) in [5, 5.41) is 2.60. The topological polar surface area (TPSA) is 63.6 Å². The van der Waals surface area contributed by atoms with Crippen LogP contribution in [0.1, 0.15) is 17.0 Å². The number of nitrogens with zero attached hydrogens (tertiary/aromatic N) is 2. The van der Waals surface area contributed by atoms with Crippen molar-refractivity contribution in [2.45, 2.75) is 13.8 Å². The normalized spacial score (nSPS) is 15.3. The molecule has 2 amide bonds. The smallest absolute Gasteiger partial charge is 0.270 e. The molecule has 8 heteroatoms. The highest BCUT2D eigenvalue weighted by molar-refractivity contribution is 7.80. The summed E-state index contributed by atoms with van der Waals surface area (Å²) in [4.78, 5) is 27.1. The number of ether oxygens (including phenoxy) is 1. The minimum atomic E-state index is -0.559. The molecule has 6 nitrogen and oxygen atoms in total. The molecule has 0 unspecified atom stereocenters. The van der Waals surface area contributed by atoms with Crippen molar-refractivity contribution in [1.29, 1.82) is 0 Å². The lowest BCUT2D eigenvalue weighted by Gasteiger charge is -2.29. The van der Waals surface area contributed by atoms with Gasteiger partial charge in [0.1, 0.15) is 17.1 Å². The highest BCUT2D eigenvalue weighted by atomic mass is 32.1. The van der Waals surface area contributed by atoms with Gasteiger partial charge in [-0.3, -0.25) is 19.8 Å². The molecule has 1 N–H and O–H groups in total. The van der Waals surface area contributed by atoms with Crippen molar-refractivity contribution in [3.8, 4) is 11.4 Å². The Morgan fingerprint density at radius 3 is 2.25 bits per heavy atom. The van der Waals surface area contributed by atoms with Gasteiger partial charge in [0, 0.05) is 17.1 Å². The number of rotatable bonds is 4. The summed E-state index contributed by atoms with van der Waals surface area (Å²) in [5.74, 6) is -0.762. The van der Waals surface area contributed by atoms with Gasteiger partial charge in [0.05, 0.1) is 12.8 Å². The number of halogens is 1. The summed E-state index contributed by atoms with van der Waals surface area (Å²) < 4.78 is 20.4. The van der Waals surface area contributed by atoms with Crippen molar-refractivity contribution in [2.24, 2.45) is 0 Å². The number of hydrogen-bond acceptors (Lipinski definition) is 4. The average molecular weight is 450 g/mol. The van der Waals surface area contributed by atoms with Gasteiger partial charge in [0.25, 0.3) is 11.8 Å². The van der Waals surface area contributed by atoms with Crippen molar-refractivity contribution in [2.75, 3.05) is 12.0 Å². The van der Waals surface area contributed by atoms with E-state index in [1.54, 1.807) is 49.6 Å². The molecular formula is C24H20FN3O3S. The fraction of sp³-hybridized carbons (Fsp3) is 0.125. The molecule has 3 aromatic rings. The van der Waals surface area contributed by atoms with Gasteiger partial charge in [-0.05, 0) is 92.3 Å². The fourth-order valence-corrected chi connectivity index (χ4v) is 3.98. The number of benzene rings is 2. The van der Waals surface area contributed by atoms with Crippen LogP contribution in [0.3, 0.4) is 0 Å². The zero-order chi connectivity index (χ0) is 23.0. The fourth-order valence-electron chi connectivity index (χ4n) is 3.70. The molecule has 1 fully saturated rings. The first kappa shape index (κ1) is 21.5. The summed E-state index contributed by atoms with van der Waals surface area (Å²) in [7, 11) is 1.55. The molecule has 1 aliphatic heterocycles. The lowest BCUT2D eigenvalue weighted by Crippen LogP contribution is -2.54. The molecule has 1 aliphatic rings. The zero-order valence-electron chi connectivity index (χ0n) is 17.7. The van der Waals surface area contributed by atoms with Crippen molar-refractivity contribution >= 4 is 40.9 Å². The van der Waals surface area contributed by atoms with E-state index in [2.05, 4.69) is 5.32 Å². The van der Waals surface area contributed by atoms with Crippen LogP contribution in [0.4, 0.5) is 10.1 Å².